The molecule has 6 heteroatoms. The Morgan fingerprint density at radius 2 is 1.81 bits per heavy atom. The molecule has 1 amide bonds. The molecule has 1 aromatic heterocycles. The van der Waals surface area contributed by atoms with Crippen molar-refractivity contribution in [1.29, 1.82) is 0 Å². The van der Waals surface area contributed by atoms with E-state index in [9.17, 15) is 4.79 Å². The minimum atomic E-state index is -0.118. The molecule has 146 valence electrons. The van der Waals surface area contributed by atoms with Crippen molar-refractivity contribution in [2.45, 2.75) is 39.2 Å². The van der Waals surface area contributed by atoms with Gasteiger partial charge in [0.2, 0.25) is 5.91 Å². The minimum absolute atomic E-state index is 0.118. The van der Waals surface area contributed by atoms with Gasteiger partial charge in [-0.2, -0.15) is 0 Å². The van der Waals surface area contributed by atoms with Crippen LogP contribution in [0.15, 0.2) is 52.1 Å². The number of aliphatic imine (C=N–C) groups is 1. The van der Waals surface area contributed by atoms with E-state index in [4.69, 9.17) is 4.42 Å². The van der Waals surface area contributed by atoms with Gasteiger partial charge in [-0.25, -0.2) is 0 Å². The standard InChI is InChI=1S/C21H30N4O2/c1-21(2,3)17-9-7-16(8-10-17)11-12-23-20(22-4)25-15-19(26)24-14-18-6-5-13-27-18/h5-10,13H,11-12,14-15H2,1-4H3,(H,24,26)(H2,22,23,25). The fourth-order valence-electron chi connectivity index (χ4n) is 2.54. The van der Waals surface area contributed by atoms with E-state index in [2.05, 4.69) is 66.0 Å². The molecule has 0 atom stereocenters. The van der Waals surface area contributed by atoms with E-state index in [0.717, 1.165) is 18.7 Å². The van der Waals surface area contributed by atoms with Crippen molar-refractivity contribution in [2.24, 2.45) is 4.99 Å². The van der Waals surface area contributed by atoms with Gasteiger partial charge in [-0.1, -0.05) is 45.0 Å². The molecule has 0 saturated carbocycles. The van der Waals surface area contributed by atoms with Crippen LogP contribution in [0.1, 0.15) is 37.7 Å². The van der Waals surface area contributed by atoms with Crippen LogP contribution in [0.3, 0.4) is 0 Å². The normalized spacial score (nSPS) is 11.9. The maximum Gasteiger partial charge on any atom is 0.239 e. The predicted molar refractivity (Wildman–Crippen MR) is 109 cm³/mol. The molecule has 1 aromatic carbocycles. The number of hydrogen-bond donors (Lipinski definition) is 3. The zero-order chi connectivity index (χ0) is 19.7. The largest absolute Gasteiger partial charge is 0.467 e. The maximum absolute atomic E-state index is 11.9. The molecule has 0 bridgehead atoms. The Hall–Kier alpha value is -2.76. The van der Waals surface area contributed by atoms with Crippen molar-refractivity contribution in [1.82, 2.24) is 16.0 Å². The number of benzene rings is 1. The van der Waals surface area contributed by atoms with Gasteiger partial charge in [0, 0.05) is 13.6 Å². The van der Waals surface area contributed by atoms with E-state index < -0.39 is 0 Å². The fraction of sp³-hybridized carbons (Fsp3) is 0.429. The lowest BCUT2D eigenvalue weighted by Gasteiger charge is -2.19. The van der Waals surface area contributed by atoms with E-state index in [1.165, 1.54) is 11.1 Å². The minimum Gasteiger partial charge on any atom is -0.467 e. The molecule has 2 aromatic rings. The third-order valence-electron chi connectivity index (χ3n) is 4.21. The zero-order valence-corrected chi connectivity index (χ0v) is 16.6. The Kier molecular flexibility index (Phi) is 7.46. The third-order valence-corrected chi connectivity index (χ3v) is 4.21. The first kappa shape index (κ1) is 20.6. The lowest BCUT2D eigenvalue weighted by Crippen LogP contribution is -2.43. The number of nitrogens with one attached hydrogen (secondary N) is 3. The van der Waals surface area contributed by atoms with Crippen molar-refractivity contribution >= 4 is 11.9 Å². The molecular formula is C21H30N4O2. The molecule has 27 heavy (non-hydrogen) atoms. The highest BCUT2D eigenvalue weighted by atomic mass is 16.3. The van der Waals surface area contributed by atoms with Gasteiger partial charge >= 0.3 is 0 Å². The smallest absolute Gasteiger partial charge is 0.239 e. The molecule has 0 unspecified atom stereocenters. The van der Waals surface area contributed by atoms with Gasteiger partial charge in [0.25, 0.3) is 0 Å². The lowest BCUT2D eigenvalue weighted by molar-refractivity contribution is -0.120. The van der Waals surface area contributed by atoms with Crippen LogP contribution in [0.25, 0.3) is 0 Å². The summed E-state index contributed by atoms with van der Waals surface area (Å²) < 4.78 is 5.18. The molecule has 0 radical (unpaired) electrons. The highest BCUT2D eigenvalue weighted by molar-refractivity contribution is 5.86. The molecule has 0 saturated heterocycles. The van der Waals surface area contributed by atoms with Gasteiger partial charge < -0.3 is 20.4 Å². The van der Waals surface area contributed by atoms with Gasteiger partial charge in [0.05, 0.1) is 19.4 Å². The van der Waals surface area contributed by atoms with Crippen molar-refractivity contribution in [3.05, 3.63) is 59.5 Å². The summed E-state index contributed by atoms with van der Waals surface area (Å²) in [5.74, 6) is 1.21. The number of nitrogens with zero attached hydrogens (tertiary/aromatic N) is 1. The van der Waals surface area contributed by atoms with Crippen molar-refractivity contribution in [3.8, 4) is 0 Å². The van der Waals surface area contributed by atoms with Crippen molar-refractivity contribution in [2.75, 3.05) is 20.1 Å². The summed E-state index contributed by atoms with van der Waals surface area (Å²) in [7, 11) is 1.69. The number of rotatable bonds is 7. The molecular weight excluding hydrogens is 340 g/mol. The molecule has 0 spiro atoms. The first-order valence-electron chi connectivity index (χ1n) is 9.21. The van der Waals surface area contributed by atoms with E-state index in [1.54, 1.807) is 19.4 Å². The van der Waals surface area contributed by atoms with E-state index in [1.807, 2.05) is 6.07 Å². The molecule has 1 heterocycles. The molecule has 0 fully saturated rings. The number of guanidine groups is 1. The number of carbonyl (C=O) groups is 1. The first-order chi connectivity index (χ1) is 12.9. The summed E-state index contributed by atoms with van der Waals surface area (Å²) in [4.78, 5) is 16.0. The summed E-state index contributed by atoms with van der Waals surface area (Å²) in [5, 5.41) is 9.02. The molecule has 0 aliphatic rings. The summed E-state index contributed by atoms with van der Waals surface area (Å²) in [6.07, 6.45) is 2.47. The van der Waals surface area contributed by atoms with Crippen LogP contribution in [0, 0.1) is 0 Å². The molecule has 6 nitrogen and oxygen atoms in total. The highest BCUT2D eigenvalue weighted by Gasteiger charge is 2.12. The second-order valence-electron chi connectivity index (χ2n) is 7.41. The number of amides is 1. The van der Waals surface area contributed by atoms with E-state index in [-0.39, 0.29) is 17.9 Å². The summed E-state index contributed by atoms with van der Waals surface area (Å²) in [6.45, 7) is 7.91. The molecule has 0 aliphatic heterocycles. The Morgan fingerprint density at radius 3 is 2.41 bits per heavy atom. The summed E-state index contributed by atoms with van der Waals surface area (Å²) >= 11 is 0. The fourth-order valence-corrected chi connectivity index (χ4v) is 2.54. The monoisotopic (exact) mass is 370 g/mol. The Bertz CT molecular complexity index is 729. The van der Waals surface area contributed by atoms with Crippen LogP contribution in [-0.2, 0) is 23.2 Å². The van der Waals surface area contributed by atoms with Crippen molar-refractivity contribution < 1.29 is 9.21 Å². The van der Waals surface area contributed by atoms with Crippen molar-refractivity contribution in [3.63, 3.8) is 0 Å². The van der Waals surface area contributed by atoms with Crippen LogP contribution < -0.4 is 16.0 Å². The van der Waals surface area contributed by atoms with Gasteiger partial charge in [-0.05, 0) is 35.1 Å². The molecule has 0 aliphatic carbocycles. The van der Waals surface area contributed by atoms with E-state index >= 15 is 0 Å². The number of furan rings is 1. The number of carbonyl (C=O) groups excluding carboxylic acids is 1. The zero-order valence-electron chi connectivity index (χ0n) is 16.6. The topological polar surface area (TPSA) is 78.7 Å². The average molecular weight is 370 g/mol. The SMILES string of the molecule is CN=C(NCCc1ccc(C(C)(C)C)cc1)NCC(=O)NCc1ccco1. The summed E-state index contributed by atoms with van der Waals surface area (Å²) in [6, 6.07) is 12.3. The summed E-state index contributed by atoms with van der Waals surface area (Å²) in [5.41, 5.74) is 2.76. The van der Waals surface area contributed by atoms with Gasteiger partial charge in [-0.3, -0.25) is 9.79 Å². The second kappa shape index (κ2) is 9.80. The maximum atomic E-state index is 11.9. The third kappa shape index (κ3) is 7.17. The highest BCUT2D eigenvalue weighted by Crippen LogP contribution is 2.22. The average Bonchev–Trinajstić information content (AvgIpc) is 3.16. The lowest BCUT2D eigenvalue weighted by atomic mass is 9.86. The number of hydrogen-bond acceptors (Lipinski definition) is 3. The van der Waals surface area contributed by atoms with Gasteiger partial charge in [0.15, 0.2) is 5.96 Å². The van der Waals surface area contributed by atoms with Gasteiger partial charge in [0.1, 0.15) is 5.76 Å². The second-order valence-corrected chi connectivity index (χ2v) is 7.41. The van der Waals surface area contributed by atoms with Crippen LogP contribution in [0.4, 0.5) is 0 Å². The Labute approximate surface area is 161 Å². The van der Waals surface area contributed by atoms with E-state index in [0.29, 0.717) is 12.5 Å². The molecule has 3 N–H and O–H groups in total. The Balaban J connectivity index is 1.68. The van der Waals surface area contributed by atoms with Crippen LogP contribution in [0.5, 0.6) is 0 Å². The van der Waals surface area contributed by atoms with Crippen LogP contribution >= 0.6 is 0 Å². The van der Waals surface area contributed by atoms with Crippen LogP contribution in [-0.4, -0.2) is 32.0 Å². The Morgan fingerprint density at radius 1 is 1.07 bits per heavy atom. The molecule has 2 rings (SSSR count). The van der Waals surface area contributed by atoms with Crippen LogP contribution in [0.2, 0.25) is 0 Å². The first-order valence-corrected chi connectivity index (χ1v) is 9.21. The predicted octanol–water partition coefficient (Wildman–Crippen LogP) is 2.60. The quantitative estimate of drug-likeness (QED) is 0.517. The van der Waals surface area contributed by atoms with Gasteiger partial charge in [-0.15, -0.1) is 0 Å².